The molecule has 1 aromatic carbocycles. The number of rotatable bonds is 1. The fourth-order valence-corrected chi connectivity index (χ4v) is 2.18. The van der Waals surface area contributed by atoms with Crippen molar-refractivity contribution in [1.82, 2.24) is 4.98 Å². The Morgan fingerprint density at radius 1 is 1.28 bits per heavy atom. The van der Waals surface area contributed by atoms with Crippen LogP contribution in [0, 0.1) is 0 Å². The second kappa shape index (κ2) is 6.33. The SMILES string of the molecule is CN.c1cc2c(c(-c3cnco3)c1)CCCOC2. The number of hydrogen-bond donors (Lipinski definition) is 1. The van der Waals surface area contributed by atoms with Gasteiger partial charge >= 0.3 is 0 Å². The molecule has 0 saturated carbocycles. The summed E-state index contributed by atoms with van der Waals surface area (Å²) in [5.74, 6) is 0.846. The van der Waals surface area contributed by atoms with Crippen LogP contribution in [-0.2, 0) is 17.8 Å². The van der Waals surface area contributed by atoms with Gasteiger partial charge in [0, 0.05) is 12.2 Å². The van der Waals surface area contributed by atoms with E-state index in [0.717, 1.165) is 30.8 Å². The normalized spacial score (nSPS) is 14.1. The highest BCUT2D eigenvalue weighted by atomic mass is 16.5. The van der Waals surface area contributed by atoms with Crippen molar-refractivity contribution >= 4 is 0 Å². The van der Waals surface area contributed by atoms with Crippen LogP contribution in [0.2, 0.25) is 0 Å². The first-order chi connectivity index (χ1) is 8.95. The largest absolute Gasteiger partial charge is 0.444 e. The molecule has 0 radical (unpaired) electrons. The number of nitrogens with two attached hydrogens (primary N) is 1. The lowest BCUT2D eigenvalue weighted by Crippen LogP contribution is -1.94. The van der Waals surface area contributed by atoms with Crippen LogP contribution in [0.3, 0.4) is 0 Å². The predicted molar refractivity (Wildman–Crippen MR) is 70.0 cm³/mol. The van der Waals surface area contributed by atoms with Crippen molar-refractivity contribution in [2.45, 2.75) is 19.4 Å². The van der Waals surface area contributed by atoms with E-state index in [1.54, 1.807) is 6.20 Å². The molecule has 1 aromatic heterocycles. The maximum absolute atomic E-state index is 5.55. The number of aromatic nitrogens is 1. The molecule has 0 bridgehead atoms. The number of ether oxygens (including phenoxy) is 1. The Hall–Kier alpha value is -1.65. The summed E-state index contributed by atoms with van der Waals surface area (Å²) in [6.07, 6.45) is 5.35. The Morgan fingerprint density at radius 3 is 2.94 bits per heavy atom. The molecular formula is C14H18N2O2. The molecule has 4 nitrogen and oxygen atoms in total. The van der Waals surface area contributed by atoms with E-state index in [4.69, 9.17) is 9.15 Å². The van der Waals surface area contributed by atoms with Crippen molar-refractivity contribution in [2.75, 3.05) is 13.7 Å². The van der Waals surface area contributed by atoms with Gasteiger partial charge in [-0.3, -0.25) is 0 Å². The van der Waals surface area contributed by atoms with Crippen LogP contribution in [0.25, 0.3) is 11.3 Å². The Labute approximate surface area is 107 Å². The Balaban J connectivity index is 0.000000574. The fraction of sp³-hybridized carbons (Fsp3) is 0.357. The number of benzene rings is 1. The summed E-state index contributed by atoms with van der Waals surface area (Å²) >= 11 is 0. The Morgan fingerprint density at radius 2 is 2.17 bits per heavy atom. The molecule has 0 unspecified atom stereocenters. The lowest BCUT2D eigenvalue weighted by molar-refractivity contribution is 0.125. The van der Waals surface area contributed by atoms with Crippen LogP contribution < -0.4 is 5.73 Å². The minimum atomic E-state index is 0.706. The average molecular weight is 246 g/mol. The summed E-state index contributed by atoms with van der Waals surface area (Å²) in [5.41, 5.74) is 8.27. The summed E-state index contributed by atoms with van der Waals surface area (Å²) in [5, 5.41) is 0. The fourth-order valence-electron chi connectivity index (χ4n) is 2.18. The predicted octanol–water partition coefficient (Wildman–Crippen LogP) is 2.38. The topological polar surface area (TPSA) is 61.3 Å². The summed E-state index contributed by atoms with van der Waals surface area (Å²) in [7, 11) is 1.50. The van der Waals surface area contributed by atoms with Gasteiger partial charge in [0.1, 0.15) is 0 Å². The van der Waals surface area contributed by atoms with Crippen molar-refractivity contribution in [3.8, 4) is 11.3 Å². The summed E-state index contributed by atoms with van der Waals surface area (Å²) in [6.45, 7) is 1.54. The van der Waals surface area contributed by atoms with Crippen molar-refractivity contribution < 1.29 is 9.15 Å². The van der Waals surface area contributed by atoms with Crippen LogP contribution in [0.4, 0.5) is 0 Å². The first-order valence-electron chi connectivity index (χ1n) is 6.10. The molecule has 2 aromatic rings. The van der Waals surface area contributed by atoms with E-state index in [9.17, 15) is 0 Å². The molecule has 0 aliphatic carbocycles. The molecule has 0 atom stereocenters. The van der Waals surface area contributed by atoms with Crippen LogP contribution in [-0.4, -0.2) is 18.6 Å². The van der Waals surface area contributed by atoms with Crippen molar-refractivity contribution in [3.05, 3.63) is 41.9 Å². The van der Waals surface area contributed by atoms with Gasteiger partial charge in [-0.15, -0.1) is 0 Å². The lowest BCUT2D eigenvalue weighted by Gasteiger charge is -2.09. The quantitative estimate of drug-likeness (QED) is 0.839. The van der Waals surface area contributed by atoms with Gasteiger partial charge in [-0.25, -0.2) is 4.98 Å². The lowest BCUT2D eigenvalue weighted by atomic mass is 9.97. The molecule has 1 aliphatic rings. The Kier molecular flexibility index (Phi) is 4.50. The summed E-state index contributed by atoms with van der Waals surface area (Å²) in [6, 6.07) is 6.26. The van der Waals surface area contributed by atoms with Crippen LogP contribution in [0.15, 0.2) is 35.2 Å². The van der Waals surface area contributed by atoms with Crippen molar-refractivity contribution in [1.29, 1.82) is 0 Å². The first kappa shape index (κ1) is 12.8. The maximum atomic E-state index is 5.55. The van der Waals surface area contributed by atoms with E-state index < -0.39 is 0 Å². The van der Waals surface area contributed by atoms with E-state index in [1.165, 1.54) is 24.6 Å². The third-order valence-corrected chi connectivity index (χ3v) is 2.94. The zero-order chi connectivity index (χ0) is 12.8. The zero-order valence-corrected chi connectivity index (χ0v) is 10.6. The molecule has 18 heavy (non-hydrogen) atoms. The Bertz CT molecular complexity index is 481. The molecule has 1 aliphatic heterocycles. The van der Waals surface area contributed by atoms with Gasteiger partial charge in [0.25, 0.3) is 0 Å². The second-order valence-corrected chi connectivity index (χ2v) is 3.97. The van der Waals surface area contributed by atoms with E-state index in [2.05, 4.69) is 22.9 Å². The van der Waals surface area contributed by atoms with Gasteiger partial charge in [-0.2, -0.15) is 0 Å². The molecule has 0 saturated heterocycles. The molecular weight excluding hydrogens is 228 g/mol. The van der Waals surface area contributed by atoms with Crippen molar-refractivity contribution in [2.24, 2.45) is 5.73 Å². The van der Waals surface area contributed by atoms with E-state index >= 15 is 0 Å². The molecule has 2 heterocycles. The first-order valence-corrected chi connectivity index (χ1v) is 6.10. The van der Waals surface area contributed by atoms with E-state index in [0.29, 0.717) is 6.61 Å². The second-order valence-electron chi connectivity index (χ2n) is 3.97. The van der Waals surface area contributed by atoms with Crippen LogP contribution in [0.5, 0.6) is 0 Å². The van der Waals surface area contributed by atoms with E-state index in [-0.39, 0.29) is 0 Å². The number of hydrogen-bond acceptors (Lipinski definition) is 4. The molecule has 4 heteroatoms. The highest BCUT2D eigenvalue weighted by Gasteiger charge is 2.14. The zero-order valence-electron chi connectivity index (χ0n) is 10.6. The standard InChI is InChI=1S/C13H13NO2.CH5N/c1-3-10-8-15-6-2-5-11(10)12(4-1)13-7-14-9-16-13;1-2/h1,3-4,7,9H,2,5-6,8H2;2H2,1H3. The molecule has 0 fully saturated rings. The maximum Gasteiger partial charge on any atom is 0.181 e. The van der Waals surface area contributed by atoms with E-state index in [1.807, 2.05) is 6.07 Å². The van der Waals surface area contributed by atoms with Gasteiger partial charge in [0.2, 0.25) is 0 Å². The summed E-state index contributed by atoms with van der Waals surface area (Å²) in [4.78, 5) is 3.97. The van der Waals surface area contributed by atoms with Gasteiger partial charge < -0.3 is 14.9 Å². The van der Waals surface area contributed by atoms with Gasteiger partial charge in [0.15, 0.2) is 12.2 Å². The van der Waals surface area contributed by atoms with Gasteiger partial charge in [-0.05, 0) is 31.0 Å². The molecule has 96 valence electrons. The van der Waals surface area contributed by atoms with Crippen LogP contribution in [0.1, 0.15) is 17.5 Å². The third kappa shape index (κ3) is 2.60. The third-order valence-electron chi connectivity index (χ3n) is 2.94. The monoisotopic (exact) mass is 246 g/mol. The number of nitrogens with zero attached hydrogens (tertiary/aromatic N) is 1. The number of fused-ring (bicyclic) bond motifs is 1. The average Bonchev–Trinajstić information content (AvgIpc) is 2.85. The van der Waals surface area contributed by atoms with Crippen molar-refractivity contribution in [3.63, 3.8) is 0 Å². The van der Waals surface area contributed by atoms with Gasteiger partial charge in [0.05, 0.1) is 12.8 Å². The van der Waals surface area contributed by atoms with Gasteiger partial charge in [-0.1, -0.05) is 18.2 Å². The molecule has 0 spiro atoms. The minimum absolute atomic E-state index is 0.706. The molecule has 3 rings (SSSR count). The van der Waals surface area contributed by atoms with Crippen LogP contribution >= 0.6 is 0 Å². The molecule has 2 N–H and O–H groups in total. The molecule has 0 amide bonds. The highest BCUT2D eigenvalue weighted by Crippen LogP contribution is 2.29. The highest BCUT2D eigenvalue weighted by molar-refractivity contribution is 5.63. The minimum Gasteiger partial charge on any atom is -0.444 e. The smallest absolute Gasteiger partial charge is 0.181 e. The number of oxazole rings is 1. The summed E-state index contributed by atoms with van der Waals surface area (Å²) < 4.78 is 10.9.